The summed E-state index contributed by atoms with van der Waals surface area (Å²) in [6.45, 7) is 6.72. The van der Waals surface area contributed by atoms with Gasteiger partial charge in [-0.25, -0.2) is 9.97 Å². The minimum atomic E-state index is -0.560. The standard InChI is InChI=1S/C35H37Cl2N7O3/c1-20(45)44-18-35(19-44)16-43(17-35)15-21-11-12-26(39-34(21)47-4)24-9-5-7-22(28(24)36)23-8-6-10-25(29(23)37)31-30-27(13-14-41(31)2)42(3)33(40-30)32(38)46/h5-12,31H,13-19H2,1-4H3,(H2,38,46). The molecule has 2 aromatic carbocycles. The molecule has 3 aliphatic rings. The van der Waals surface area contributed by atoms with Crippen LogP contribution < -0.4 is 10.5 Å². The lowest BCUT2D eigenvalue weighted by Crippen LogP contribution is -2.72. The van der Waals surface area contributed by atoms with Crippen LogP contribution in [-0.4, -0.2) is 87.9 Å². The molecule has 2 fully saturated rings. The minimum absolute atomic E-state index is 0.147. The van der Waals surface area contributed by atoms with Gasteiger partial charge in [-0.3, -0.25) is 19.4 Å². The first-order valence-corrected chi connectivity index (χ1v) is 16.4. The van der Waals surface area contributed by atoms with E-state index in [2.05, 4.69) is 20.9 Å². The zero-order chi connectivity index (χ0) is 33.2. The highest BCUT2D eigenvalue weighted by Gasteiger charge is 2.52. The highest BCUT2D eigenvalue weighted by molar-refractivity contribution is 6.38. The smallest absolute Gasteiger partial charge is 0.284 e. The van der Waals surface area contributed by atoms with Crippen LogP contribution in [0, 0.1) is 5.41 Å². The Morgan fingerprint density at radius 2 is 1.64 bits per heavy atom. The van der Waals surface area contributed by atoms with Crippen molar-refractivity contribution in [1.29, 1.82) is 0 Å². The summed E-state index contributed by atoms with van der Waals surface area (Å²) < 4.78 is 7.53. The number of pyridine rings is 1. The lowest BCUT2D eigenvalue weighted by Gasteiger charge is -2.60. The van der Waals surface area contributed by atoms with Crippen molar-refractivity contribution < 1.29 is 14.3 Å². The van der Waals surface area contributed by atoms with Crippen molar-refractivity contribution in [3.8, 4) is 28.3 Å². The molecule has 47 heavy (non-hydrogen) atoms. The third kappa shape index (κ3) is 5.37. The van der Waals surface area contributed by atoms with E-state index in [0.29, 0.717) is 21.6 Å². The molecular formula is C35H37Cl2N7O3. The van der Waals surface area contributed by atoms with E-state index >= 15 is 0 Å². The number of methoxy groups -OCH3 is 1. The summed E-state index contributed by atoms with van der Waals surface area (Å²) in [4.78, 5) is 39.7. The van der Waals surface area contributed by atoms with E-state index < -0.39 is 5.91 Å². The SMILES string of the molecule is COc1nc(-c2cccc(-c3cccc(C4c5nc(C(N)=O)n(C)c5CCN4C)c3Cl)c2Cl)ccc1CN1CC2(C1)CN(C(C)=O)C2. The van der Waals surface area contributed by atoms with E-state index in [4.69, 9.17) is 38.7 Å². The van der Waals surface area contributed by atoms with Crippen LogP contribution >= 0.6 is 23.2 Å². The Balaban J connectivity index is 1.17. The molecule has 10 nitrogen and oxygen atoms in total. The van der Waals surface area contributed by atoms with Gasteiger partial charge >= 0.3 is 0 Å². The van der Waals surface area contributed by atoms with Crippen LogP contribution in [0.3, 0.4) is 0 Å². The second-order valence-corrected chi connectivity index (χ2v) is 13.8. The van der Waals surface area contributed by atoms with E-state index in [9.17, 15) is 9.59 Å². The van der Waals surface area contributed by atoms with Crippen molar-refractivity contribution in [1.82, 2.24) is 29.2 Å². The van der Waals surface area contributed by atoms with Gasteiger partial charge in [0, 0.05) is 93.0 Å². The van der Waals surface area contributed by atoms with Gasteiger partial charge in [-0.1, -0.05) is 65.7 Å². The molecule has 7 rings (SSSR count). The van der Waals surface area contributed by atoms with Crippen molar-refractivity contribution in [2.45, 2.75) is 25.9 Å². The number of carbonyl (C=O) groups is 2. The lowest BCUT2D eigenvalue weighted by molar-refractivity contribution is -0.157. The molecule has 0 bridgehead atoms. The van der Waals surface area contributed by atoms with Gasteiger partial charge in [0.1, 0.15) is 0 Å². The van der Waals surface area contributed by atoms with E-state index in [1.807, 2.05) is 61.5 Å². The van der Waals surface area contributed by atoms with Gasteiger partial charge in [-0.2, -0.15) is 0 Å². The molecular weight excluding hydrogens is 637 g/mol. The van der Waals surface area contributed by atoms with Gasteiger partial charge in [0.05, 0.1) is 34.6 Å². The Kier molecular flexibility index (Phi) is 8.03. The number of amides is 2. The highest BCUT2D eigenvalue weighted by Crippen LogP contribution is 2.45. The van der Waals surface area contributed by atoms with Crippen molar-refractivity contribution in [3.05, 3.63) is 86.9 Å². The molecule has 4 aromatic rings. The average molecular weight is 675 g/mol. The number of ether oxygens (including phenoxy) is 1. The fourth-order valence-electron chi connectivity index (χ4n) is 7.56. The fraction of sp³-hybridized carbons (Fsp3) is 0.371. The summed E-state index contributed by atoms with van der Waals surface area (Å²) in [5.74, 6) is 0.384. The summed E-state index contributed by atoms with van der Waals surface area (Å²) in [6, 6.07) is 15.5. The zero-order valence-electron chi connectivity index (χ0n) is 26.9. The summed E-state index contributed by atoms with van der Waals surface area (Å²) >= 11 is 14.4. The molecule has 2 N–H and O–H groups in total. The molecule has 3 aliphatic heterocycles. The van der Waals surface area contributed by atoms with Crippen LogP contribution in [0.25, 0.3) is 22.4 Å². The third-order valence-electron chi connectivity index (χ3n) is 9.90. The van der Waals surface area contributed by atoms with Crippen LogP contribution in [0.5, 0.6) is 5.88 Å². The van der Waals surface area contributed by atoms with E-state index in [1.165, 1.54) is 0 Å². The molecule has 0 saturated carbocycles. The number of carbonyl (C=O) groups excluding carboxylic acids is 2. The maximum Gasteiger partial charge on any atom is 0.284 e. The van der Waals surface area contributed by atoms with Crippen molar-refractivity contribution in [2.24, 2.45) is 18.2 Å². The number of imidazole rings is 1. The molecule has 5 heterocycles. The molecule has 244 valence electrons. The summed E-state index contributed by atoms with van der Waals surface area (Å²) in [5, 5.41) is 1.10. The van der Waals surface area contributed by atoms with E-state index in [1.54, 1.807) is 18.6 Å². The second-order valence-electron chi connectivity index (χ2n) is 13.1. The number of rotatable bonds is 7. The van der Waals surface area contributed by atoms with Crippen LogP contribution in [0.4, 0.5) is 0 Å². The molecule has 1 spiro atoms. The average Bonchev–Trinajstić information content (AvgIpc) is 3.34. The van der Waals surface area contributed by atoms with Gasteiger partial charge in [0.25, 0.3) is 5.91 Å². The molecule has 2 aromatic heterocycles. The molecule has 12 heteroatoms. The molecule has 2 saturated heterocycles. The number of nitrogens with zero attached hydrogens (tertiary/aromatic N) is 6. The predicted octanol–water partition coefficient (Wildman–Crippen LogP) is 4.80. The predicted molar refractivity (Wildman–Crippen MR) is 182 cm³/mol. The molecule has 2 amide bonds. The largest absolute Gasteiger partial charge is 0.481 e. The Hall–Kier alpha value is -3.96. The normalized spacial score (nSPS) is 18.9. The van der Waals surface area contributed by atoms with Gasteiger partial charge in [-0.15, -0.1) is 0 Å². The first-order chi connectivity index (χ1) is 22.5. The number of primary amides is 1. The number of likely N-dealkylation sites (N-methyl/N-ethyl adjacent to an activating group) is 1. The Labute approximate surface area is 284 Å². The monoisotopic (exact) mass is 673 g/mol. The van der Waals surface area contributed by atoms with Crippen LogP contribution in [0.15, 0.2) is 48.5 Å². The Morgan fingerprint density at radius 1 is 0.957 bits per heavy atom. The quantitative estimate of drug-likeness (QED) is 0.300. The number of hydrogen-bond donors (Lipinski definition) is 1. The molecule has 1 atom stereocenters. The minimum Gasteiger partial charge on any atom is -0.481 e. The van der Waals surface area contributed by atoms with Gasteiger partial charge in [-0.05, 0) is 18.7 Å². The second kappa shape index (κ2) is 11.9. The number of halogens is 2. The lowest BCUT2D eigenvalue weighted by atomic mass is 9.72. The molecule has 0 aliphatic carbocycles. The number of nitrogens with two attached hydrogens (primary N) is 1. The number of hydrogen-bond acceptors (Lipinski definition) is 7. The maximum atomic E-state index is 12.1. The summed E-state index contributed by atoms with van der Waals surface area (Å²) in [6.07, 6.45) is 0.748. The zero-order valence-corrected chi connectivity index (χ0v) is 28.4. The van der Waals surface area contributed by atoms with Crippen LogP contribution in [-0.2, 0) is 24.8 Å². The Bertz CT molecular complexity index is 1910. The fourth-order valence-corrected chi connectivity index (χ4v) is 8.21. The number of aromatic nitrogens is 3. The van der Waals surface area contributed by atoms with Crippen molar-refractivity contribution in [2.75, 3.05) is 46.9 Å². The van der Waals surface area contributed by atoms with Crippen molar-refractivity contribution in [3.63, 3.8) is 0 Å². The summed E-state index contributed by atoms with van der Waals surface area (Å²) in [5.41, 5.74) is 12.5. The van der Waals surface area contributed by atoms with Gasteiger partial charge in [0.15, 0.2) is 5.82 Å². The first-order valence-electron chi connectivity index (χ1n) is 15.6. The summed E-state index contributed by atoms with van der Waals surface area (Å²) in [7, 11) is 5.49. The number of likely N-dealkylation sites (tertiary alicyclic amines) is 2. The number of benzene rings is 2. The number of fused-ring (bicyclic) bond motifs is 1. The Morgan fingerprint density at radius 3 is 2.32 bits per heavy atom. The van der Waals surface area contributed by atoms with Crippen LogP contribution in [0.1, 0.15) is 46.1 Å². The van der Waals surface area contributed by atoms with Crippen LogP contribution in [0.2, 0.25) is 10.0 Å². The molecule has 1 unspecified atom stereocenters. The van der Waals surface area contributed by atoms with E-state index in [0.717, 1.165) is 84.9 Å². The van der Waals surface area contributed by atoms with E-state index in [-0.39, 0.29) is 23.2 Å². The highest BCUT2D eigenvalue weighted by atomic mass is 35.5. The van der Waals surface area contributed by atoms with Gasteiger partial charge < -0.3 is 19.9 Å². The van der Waals surface area contributed by atoms with Crippen molar-refractivity contribution >= 4 is 35.0 Å². The molecule has 0 radical (unpaired) electrons. The maximum absolute atomic E-state index is 12.1. The van der Waals surface area contributed by atoms with Gasteiger partial charge in [0.2, 0.25) is 11.8 Å². The topological polar surface area (TPSA) is 110 Å². The first kappa shape index (κ1) is 31.6. The third-order valence-corrected chi connectivity index (χ3v) is 10.7.